The molecule has 1 heterocycles. The van der Waals surface area contributed by atoms with E-state index >= 15 is 0 Å². The number of anilines is 1. The van der Waals surface area contributed by atoms with E-state index in [2.05, 4.69) is 17.9 Å². The van der Waals surface area contributed by atoms with Crippen LogP contribution in [-0.4, -0.2) is 18.2 Å². The van der Waals surface area contributed by atoms with Crippen molar-refractivity contribution >= 4 is 5.69 Å². The van der Waals surface area contributed by atoms with Crippen molar-refractivity contribution in [3.8, 4) is 6.07 Å². The van der Waals surface area contributed by atoms with E-state index in [9.17, 15) is 5.11 Å². The first kappa shape index (κ1) is 12.9. The predicted molar refractivity (Wildman–Crippen MR) is 72.4 cm³/mol. The monoisotopic (exact) mass is 244 g/mol. The van der Waals surface area contributed by atoms with Gasteiger partial charge in [-0.2, -0.15) is 5.26 Å². The van der Waals surface area contributed by atoms with Gasteiger partial charge in [0.05, 0.1) is 17.7 Å². The van der Waals surface area contributed by atoms with Crippen molar-refractivity contribution in [2.24, 2.45) is 5.92 Å². The van der Waals surface area contributed by atoms with Gasteiger partial charge in [0.1, 0.15) is 0 Å². The molecule has 96 valence electrons. The van der Waals surface area contributed by atoms with Gasteiger partial charge in [0.2, 0.25) is 0 Å². The Morgan fingerprint density at radius 2 is 2.33 bits per heavy atom. The summed E-state index contributed by atoms with van der Waals surface area (Å²) in [7, 11) is 0. The molecule has 18 heavy (non-hydrogen) atoms. The number of hydrogen-bond donors (Lipinski definition) is 1. The Kier molecular flexibility index (Phi) is 3.88. The first-order valence-corrected chi connectivity index (χ1v) is 6.62. The number of benzene rings is 1. The van der Waals surface area contributed by atoms with Crippen LogP contribution in [0.25, 0.3) is 0 Å². The molecule has 0 radical (unpaired) electrons. The van der Waals surface area contributed by atoms with Crippen molar-refractivity contribution in [2.45, 2.75) is 32.8 Å². The van der Waals surface area contributed by atoms with E-state index in [0.29, 0.717) is 5.56 Å². The number of rotatable bonds is 3. The Balaban J connectivity index is 2.33. The van der Waals surface area contributed by atoms with Crippen LogP contribution >= 0.6 is 0 Å². The van der Waals surface area contributed by atoms with Crippen molar-refractivity contribution in [1.29, 1.82) is 5.26 Å². The Labute approximate surface area is 109 Å². The lowest BCUT2D eigenvalue weighted by Gasteiger charge is -2.23. The number of hydrogen-bond acceptors (Lipinski definition) is 3. The van der Waals surface area contributed by atoms with Crippen molar-refractivity contribution in [1.82, 2.24) is 0 Å². The molecule has 0 saturated carbocycles. The van der Waals surface area contributed by atoms with Crippen LogP contribution in [0.5, 0.6) is 0 Å². The maximum atomic E-state index is 9.84. The average Bonchev–Trinajstić information content (AvgIpc) is 2.86. The van der Waals surface area contributed by atoms with E-state index in [1.165, 1.54) is 12.8 Å². The van der Waals surface area contributed by atoms with Gasteiger partial charge in [-0.1, -0.05) is 19.4 Å². The Hall–Kier alpha value is -1.53. The van der Waals surface area contributed by atoms with E-state index in [1.807, 2.05) is 12.1 Å². The van der Waals surface area contributed by atoms with Crippen LogP contribution in [0.2, 0.25) is 0 Å². The van der Waals surface area contributed by atoms with Crippen LogP contribution in [0.15, 0.2) is 18.2 Å². The highest BCUT2D eigenvalue weighted by Crippen LogP contribution is 2.32. The molecule has 0 aliphatic carbocycles. The molecule has 2 rings (SSSR count). The van der Waals surface area contributed by atoms with Crippen molar-refractivity contribution in [3.63, 3.8) is 0 Å². The Morgan fingerprint density at radius 1 is 1.56 bits per heavy atom. The highest BCUT2D eigenvalue weighted by Gasteiger charge is 2.24. The van der Waals surface area contributed by atoms with Gasteiger partial charge in [-0.05, 0) is 31.4 Å². The van der Waals surface area contributed by atoms with E-state index in [4.69, 9.17) is 5.26 Å². The predicted octanol–water partition coefficient (Wildman–Crippen LogP) is 2.85. The zero-order valence-electron chi connectivity index (χ0n) is 11.1. The summed E-state index contributed by atoms with van der Waals surface area (Å²) in [5.74, 6) is 0.734. The van der Waals surface area contributed by atoms with Gasteiger partial charge >= 0.3 is 0 Å². The summed E-state index contributed by atoms with van der Waals surface area (Å²) < 4.78 is 0. The summed E-state index contributed by atoms with van der Waals surface area (Å²) >= 11 is 0. The molecule has 0 aromatic heterocycles. The lowest BCUT2D eigenvalue weighted by molar-refractivity contribution is 0.199. The highest BCUT2D eigenvalue weighted by atomic mass is 16.3. The van der Waals surface area contributed by atoms with Crippen LogP contribution in [0.1, 0.15) is 43.9 Å². The minimum atomic E-state index is -0.492. The van der Waals surface area contributed by atoms with Gasteiger partial charge in [0.15, 0.2) is 0 Å². The molecule has 1 aliphatic rings. The van der Waals surface area contributed by atoms with Gasteiger partial charge < -0.3 is 10.0 Å². The maximum Gasteiger partial charge on any atom is 0.0992 e. The van der Waals surface area contributed by atoms with E-state index in [0.717, 1.165) is 30.3 Å². The first-order chi connectivity index (χ1) is 8.65. The highest BCUT2D eigenvalue weighted by molar-refractivity contribution is 5.59. The fourth-order valence-corrected chi connectivity index (χ4v) is 2.63. The number of nitriles is 1. The normalized spacial score (nSPS) is 20.8. The van der Waals surface area contributed by atoms with Crippen molar-refractivity contribution < 1.29 is 5.11 Å². The van der Waals surface area contributed by atoms with Gasteiger partial charge in [0.25, 0.3) is 0 Å². The van der Waals surface area contributed by atoms with Gasteiger partial charge in [-0.3, -0.25) is 0 Å². The summed E-state index contributed by atoms with van der Waals surface area (Å²) in [6.07, 6.45) is 1.90. The van der Waals surface area contributed by atoms with Crippen molar-refractivity contribution in [3.05, 3.63) is 29.3 Å². The van der Waals surface area contributed by atoms with Gasteiger partial charge in [-0.25, -0.2) is 0 Å². The minimum Gasteiger partial charge on any atom is -0.389 e. The molecular weight excluding hydrogens is 224 g/mol. The van der Waals surface area contributed by atoms with Crippen LogP contribution in [0.4, 0.5) is 5.69 Å². The van der Waals surface area contributed by atoms with Gasteiger partial charge in [-0.15, -0.1) is 0 Å². The Bertz CT molecular complexity index is 462. The quantitative estimate of drug-likeness (QED) is 0.889. The van der Waals surface area contributed by atoms with Crippen LogP contribution in [-0.2, 0) is 0 Å². The molecule has 0 amide bonds. The molecule has 0 bridgehead atoms. The maximum absolute atomic E-state index is 9.84. The van der Waals surface area contributed by atoms with Crippen LogP contribution in [0, 0.1) is 17.2 Å². The van der Waals surface area contributed by atoms with E-state index in [-0.39, 0.29) is 0 Å². The third-order valence-corrected chi connectivity index (χ3v) is 3.81. The molecule has 3 nitrogen and oxygen atoms in total. The topological polar surface area (TPSA) is 47.3 Å². The number of aliphatic hydroxyl groups excluding tert-OH is 1. The molecular formula is C15H20N2O. The standard InChI is InChI=1S/C15H20N2O/c1-3-12-6-7-17(10-12)15-8-13(9-16)4-5-14(15)11(2)18/h4-5,8,11-12,18H,3,6-7,10H2,1-2H3/t11-,12?/m1/s1. The second kappa shape index (κ2) is 5.41. The summed E-state index contributed by atoms with van der Waals surface area (Å²) in [5.41, 5.74) is 2.61. The molecule has 1 fully saturated rings. The molecule has 3 heteroatoms. The van der Waals surface area contributed by atoms with Gasteiger partial charge in [0, 0.05) is 24.3 Å². The second-order valence-electron chi connectivity index (χ2n) is 5.07. The molecule has 1 aromatic carbocycles. The average molecular weight is 244 g/mol. The fraction of sp³-hybridized carbons (Fsp3) is 0.533. The molecule has 1 N–H and O–H groups in total. The molecule has 1 unspecified atom stereocenters. The lowest BCUT2D eigenvalue weighted by atomic mass is 10.0. The number of nitrogens with zero attached hydrogens (tertiary/aromatic N) is 2. The zero-order valence-corrected chi connectivity index (χ0v) is 11.1. The molecule has 0 spiro atoms. The fourth-order valence-electron chi connectivity index (χ4n) is 2.63. The summed E-state index contributed by atoms with van der Waals surface area (Å²) in [6, 6.07) is 7.73. The molecule has 1 aliphatic heterocycles. The SMILES string of the molecule is CCC1CCN(c2cc(C#N)ccc2[C@@H](C)O)C1. The Morgan fingerprint density at radius 3 is 2.89 bits per heavy atom. The van der Waals surface area contributed by atoms with Crippen LogP contribution < -0.4 is 4.90 Å². The zero-order chi connectivity index (χ0) is 13.1. The van der Waals surface area contributed by atoms with Crippen LogP contribution in [0.3, 0.4) is 0 Å². The second-order valence-corrected chi connectivity index (χ2v) is 5.07. The summed E-state index contributed by atoms with van der Waals surface area (Å²) in [6.45, 7) is 6.05. The summed E-state index contributed by atoms with van der Waals surface area (Å²) in [4.78, 5) is 2.30. The largest absolute Gasteiger partial charge is 0.389 e. The third kappa shape index (κ3) is 2.49. The molecule has 1 aromatic rings. The minimum absolute atomic E-state index is 0.492. The molecule has 2 atom stereocenters. The molecule has 1 saturated heterocycles. The smallest absolute Gasteiger partial charge is 0.0992 e. The van der Waals surface area contributed by atoms with E-state index < -0.39 is 6.10 Å². The van der Waals surface area contributed by atoms with Crippen molar-refractivity contribution in [2.75, 3.05) is 18.0 Å². The van der Waals surface area contributed by atoms with E-state index in [1.54, 1.807) is 13.0 Å². The third-order valence-electron chi connectivity index (χ3n) is 3.81. The number of aliphatic hydroxyl groups is 1. The lowest BCUT2D eigenvalue weighted by Crippen LogP contribution is -2.21. The summed E-state index contributed by atoms with van der Waals surface area (Å²) in [5, 5.41) is 18.8. The first-order valence-electron chi connectivity index (χ1n) is 6.62.